The second-order valence-electron chi connectivity index (χ2n) is 5.58. The fraction of sp³-hybridized carbons (Fsp3) is 0.211. The Morgan fingerprint density at radius 1 is 1.08 bits per heavy atom. The van der Waals surface area contributed by atoms with Crippen molar-refractivity contribution in [1.82, 2.24) is 19.9 Å². The molecule has 3 aromatic heterocycles. The molecule has 6 heteroatoms. The first-order valence-electron chi connectivity index (χ1n) is 8.06. The summed E-state index contributed by atoms with van der Waals surface area (Å²) >= 11 is 0. The van der Waals surface area contributed by atoms with E-state index in [9.17, 15) is 5.26 Å². The van der Waals surface area contributed by atoms with Gasteiger partial charge in [-0.1, -0.05) is 12.1 Å². The lowest BCUT2D eigenvalue weighted by molar-refractivity contribution is 0.875. The quantitative estimate of drug-likeness (QED) is 0.748. The van der Waals surface area contributed by atoms with Crippen LogP contribution in [-0.2, 0) is 6.42 Å². The number of rotatable bonds is 6. The van der Waals surface area contributed by atoms with Crippen LogP contribution >= 0.6 is 0 Å². The summed E-state index contributed by atoms with van der Waals surface area (Å²) in [5.41, 5.74) is 3.24. The summed E-state index contributed by atoms with van der Waals surface area (Å²) in [7, 11) is 0. The van der Waals surface area contributed by atoms with E-state index in [1.54, 1.807) is 18.6 Å². The molecule has 0 amide bonds. The van der Waals surface area contributed by atoms with Crippen molar-refractivity contribution >= 4 is 5.95 Å². The van der Waals surface area contributed by atoms with E-state index in [0.717, 1.165) is 17.7 Å². The van der Waals surface area contributed by atoms with Gasteiger partial charge < -0.3 is 5.32 Å². The molecule has 0 aromatic carbocycles. The van der Waals surface area contributed by atoms with Crippen LogP contribution in [-0.4, -0.2) is 26.5 Å². The average Bonchev–Trinajstić information content (AvgIpc) is 2.66. The Labute approximate surface area is 146 Å². The van der Waals surface area contributed by atoms with E-state index < -0.39 is 5.92 Å². The van der Waals surface area contributed by atoms with Crippen LogP contribution in [0.2, 0.25) is 0 Å². The second-order valence-corrected chi connectivity index (χ2v) is 5.58. The smallest absolute Gasteiger partial charge is 0.222 e. The second kappa shape index (κ2) is 7.97. The van der Waals surface area contributed by atoms with Gasteiger partial charge in [-0.2, -0.15) is 5.26 Å². The molecule has 3 rings (SSSR count). The molecule has 0 radical (unpaired) electrons. The molecule has 1 atom stereocenters. The predicted octanol–water partition coefficient (Wildman–Crippen LogP) is 2.89. The van der Waals surface area contributed by atoms with Gasteiger partial charge in [0, 0.05) is 37.3 Å². The Hall–Kier alpha value is -3.33. The minimum absolute atomic E-state index is 0.507. The standard InChI is InChI=1S/C19H18N6/c1-14-13-24-19(23-11-8-15-6-2-4-9-21-15)25-18(14)16(12-20)17-7-3-5-10-22-17/h2-7,9-10,13,16H,8,11H2,1H3,(H,23,24,25). The highest BCUT2D eigenvalue weighted by atomic mass is 15.1. The Morgan fingerprint density at radius 3 is 2.56 bits per heavy atom. The minimum Gasteiger partial charge on any atom is -0.354 e. The van der Waals surface area contributed by atoms with Crippen molar-refractivity contribution in [2.24, 2.45) is 0 Å². The summed E-state index contributed by atoms with van der Waals surface area (Å²) in [5.74, 6) is -0.00625. The number of pyridine rings is 2. The molecule has 3 heterocycles. The summed E-state index contributed by atoms with van der Waals surface area (Å²) in [6.07, 6.45) is 5.97. The molecule has 0 bridgehead atoms. The first-order valence-corrected chi connectivity index (χ1v) is 8.06. The molecule has 1 unspecified atom stereocenters. The largest absolute Gasteiger partial charge is 0.354 e. The molecule has 6 nitrogen and oxygen atoms in total. The first kappa shape index (κ1) is 16.5. The van der Waals surface area contributed by atoms with Crippen LogP contribution in [0.5, 0.6) is 0 Å². The molecular weight excluding hydrogens is 312 g/mol. The van der Waals surface area contributed by atoms with Gasteiger partial charge in [-0.3, -0.25) is 9.97 Å². The third-order valence-electron chi connectivity index (χ3n) is 3.79. The molecule has 0 saturated heterocycles. The Bertz CT molecular complexity index is 858. The van der Waals surface area contributed by atoms with Crippen LogP contribution in [0.3, 0.4) is 0 Å². The lowest BCUT2D eigenvalue weighted by Gasteiger charge is -2.12. The van der Waals surface area contributed by atoms with E-state index in [4.69, 9.17) is 0 Å². The maximum atomic E-state index is 9.59. The predicted molar refractivity (Wildman–Crippen MR) is 94.9 cm³/mol. The van der Waals surface area contributed by atoms with Crippen LogP contribution in [0.4, 0.5) is 5.95 Å². The molecule has 0 aliphatic heterocycles. The van der Waals surface area contributed by atoms with E-state index in [1.165, 1.54) is 0 Å². The number of nitrogens with zero attached hydrogens (tertiary/aromatic N) is 5. The molecule has 0 saturated carbocycles. The fourth-order valence-electron chi connectivity index (χ4n) is 2.50. The number of hydrogen-bond donors (Lipinski definition) is 1. The number of aryl methyl sites for hydroxylation is 1. The van der Waals surface area contributed by atoms with E-state index in [-0.39, 0.29) is 0 Å². The number of hydrogen-bond acceptors (Lipinski definition) is 6. The number of anilines is 1. The van der Waals surface area contributed by atoms with Gasteiger partial charge in [0.05, 0.1) is 17.5 Å². The van der Waals surface area contributed by atoms with Crippen molar-refractivity contribution in [3.05, 3.63) is 77.6 Å². The van der Waals surface area contributed by atoms with E-state index in [1.807, 2.05) is 43.3 Å². The topological polar surface area (TPSA) is 87.4 Å². The lowest BCUT2D eigenvalue weighted by atomic mass is 9.99. The van der Waals surface area contributed by atoms with Gasteiger partial charge in [-0.15, -0.1) is 0 Å². The van der Waals surface area contributed by atoms with Crippen LogP contribution in [0.15, 0.2) is 55.0 Å². The van der Waals surface area contributed by atoms with Gasteiger partial charge in [-0.05, 0) is 36.8 Å². The molecule has 0 aliphatic rings. The molecule has 0 fully saturated rings. The van der Waals surface area contributed by atoms with Crippen LogP contribution in [0, 0.1) is 18.3 Å². The number of nitriles is 1. The zero-order chi connectivity index (χ0) is 17.5. The van der Waals surface area contributed by atoms with Crippen LogP contribution in [0.25, 0.3) is 0 Å². The Kier molecular flexibility index (Phi) is 5.27. The number of aromatic nitrogens is 4. The Morgan fingerprint density at radius 2 is 1.88 bits per heavy atom. The molecule has 1 N–H and O–H groups in total. The average molecular weight is 330 g/mol. The summed E-state index contributed by atoms with van der Waals surface area (Å²) in [4.78, 5) is 17.4. The Balaban J connectivity index is 1.75. The molecule has 3 aromatic rings. The third-order valence-corrected chi connectivity index (χ3v) is 3.79. The van der Waals surface area contributed by atoms with Gasteiger partial charge in [0.1, 0.15) is 5.92 Å². The summed E-state index contributed by atoms with van der Waals surface area (Å²) in [6.45, 7) is 2.57. The van der Waals surface area contributed by atoms with E-state index in [0.29, 0.717) is 23.9 Å². The molecule has 25 heavy (non-hydrogen) atoms. The van der Waals surface area contributed by atoms with Crippen molar-refractivity contribution in [3.63, 3.8) is 0 Å². The van der Waals surface area contributed by atoms with E-state index in [2.05, 4.69) is 31.3 Å². The molecule has 0 spiro atoms. The van der Waals surface area contributed by atoms with Gasteiger partial charge in [0.15, 0.2) is 0 Å². The van der Waals surface area contributed by atoms with Gasteiger partial charge in [0.25, 0.3) is 0 Å². The van der Waals surface area contributed by atoms with Gasteiger partial charge in [0.2, 0.25) is 5.95 Å². The zero-order valence-corrected chi connectivity index (χ0v) is 13.9. The SMILES string of the molecule is Cc1cnc(NCCc2ccccn2)nc1C(C#N)c1ccccn1. The van der Waals surface area contributed by atoms with Crippen molar-refractivity contribution in [1.29, 1.82) is 5.26 Å². The highest BCUT2D eigenvalue weighted by molar-refractivity contribution is 5.38. The van der Waals surface area contributed by atoms with Crippen LogP contribution < -0.4 is 5.32 Å². The van der Waals surface area contributed by atoms with Crippen molar-refractivity contribution in [2.75, 3.05) is 11.9 Å². The van der Waals surface area contributed by atoms with Crippen molar-refractivity contribution in [2.45, 2.75) is 19.3 Å². The minimum atomic E-state index is -0.513. The molecular formula is C19H18N6. The summed E-state index contributed by atoms with van der Waals surface area (Å²) in [6, 6.07) is 13.7. The first-order chi connectivity index (χ1) is 12.3. The highest BCUT2D eigenvalue weighted by Crippen LogP contribution is 2.23. The normalized spacial score (nSPS) is 11.5. The highest BCUT2D eigenvalue weighted by Gasteiger charge is 2.19. The van der Waals surface area contributed by atoms with Crippen molar-refractivity contribution in [3.8, 4) is 6.07 Å². The maximum absolute atomic E-state index is 9.59. The summed E-state index contributed by atoms with van der Waals surface area (Å²) in [5, 5.41) is 12.8. The van der Waals surface area contributed by atoms with Crippen LogP contribution in [0.1, 0.15) is 28.6 Å². The third kappa shape index (κ3) is 4.15. The maximum Gasteiger partial charge on any atom is 0.222 e. The van der Waals surface area contributed by atoms with Gasteiger partial charge >= 0.3 is 0 Å². The monoisotopic (exact) mass is 330 g/mol. The number of nitrogens with one attached hydrogen (secondary N) is 1. The molecule has 124 valence electrons. The van der Waals surface area contributed by atoms with E-state index >= 15 is 0 Å². The lowest BCUT2D eigenvalue weighted by Crippen LogP contribution is -2.12. The molecule has 0 aliphatic carbocycles. The fourth-order valence-corrected chi connectivity index (χ4v) is 2.50. The van der Waals surface area contributed by atoms with Crippen molar-refractivity contribution < 1.29 is 0 Å². The zero-order valence-electron chi connectivity index (χ0n) is 13.9. The summed E-state index contributed by atoms with van der Waals surface area (Å²) < 4.78 is 0. The van der Waals surface area contributed by atoms with Gasteiger partial charge in [-0.25, -0.2) is 9.97 Å².